The van der Waals surface area contributed by atoms with Crippen LogP contribution in [0.15, 0.2) is 88.0 Å². The summed E-state index contributed by atoms with van der Waals surface area (Å²) in [6, 6.07) is 22.5. The lowest BCUT2D eigenvalue weighted by Gasteiger charge is -2.10. The second-order valence-electron chi connectivity index (χ2n) is 5.91. The zero-order valence-electron chi connectivity index (χ0n) is 14.4. The van der Waals surface area contributed by atoms with E-state index in [0.717, 1.165) is 11.3 Å². The third-order valence-electron chi connectivity index (χ3n) is 3.89. The number of ether oxygens (including phenoxy) is 1. The van der Waals surface area contributed by atoms with Crippen molar-refractivity contribution in [3.05, 3.63) is 90.3 Å². The van der Waals surface area contributed by atoms with Gasteiger partial charge in [0, 0.05) is 22.4 Å². The monoisotopic (exact) mass is 379 g/mol. The fraction of sp³-hybridized carbons (Fsp3) is 0.0952. The average Bonchev–Trinajstić information content (AvgIpc) is 3.36. The van der Waals surface area contributed by atoms with Crippen molar-refractivity contribution in [2.45, 2.75) is 11.5 Å². The molecule has 2 aromatic heterocycles. The van der Waals surface area contributed by atoms with Gasteiger partial charge in [0.15, 0.2) is 5.76 Å². The molecule has 0 N–H and O–H groups in total. The van der Waals surface area contributed by atoms with Crippen molar-refractivity contribution in [1.82, 2.24) is 5.16 Å². The van der Waals surface area contributed by atoms with Gasteiger partial charge in [-0.25, -0.2) is 0 Å². The number of benzene rings is 2. The van der Waals surface area contributed by atoms with Crippen molar-refractivity contribution in [2.24, 2.45) is 0 Å². The van der Waals surface area contributed by atoms with E-state index in [-0.39, 0.29) is 0 Å². The minimum Gasteiger partial charge on any atom is -0.461 e. The lowest BCUT2D eigenvalue weighted by Crippen LogP contribution is -2.01. The fourth-order valence-electron chi connectivity index (χ4n) is 2.64. The number of nitrogens with zero attached hydrogens (tertiary/aromatic N) is 1. The maximum Gasteiger partial charge on any atom is 0.202 e. The first kappa shape index (κ1) is 17.3. The molecule has 4 rings (SSSR count). The summed E-state index contributed by atoms with van der Waals surface area (Å²) in [4.78, 5) is 0. The van der Waals surface area contributed by atoms with Gasteiger partial charge in [-0.05, 0) is 30.3 Å². The Morgan fingerprint density at radius 3 is 2.52 bits per heavy atom. The van der Waals surface area contributed by atoms with E-state index in [2.05, 4.69) is 5.16 Å². The second-order valence-corrected chi connectivity index (χ2v) is 7.37. The minimum atomic E-state index is -1.16. The Labute approximate surface area is 159 Å². The van der Waals surface area contributed by atoms with Crippen LogP contribution in [-0.4, -0.2) is 9.37 Å². The van der Waals surface area contributed by atoms with Gasteiger partial charge >= 0.3 is 0 Å². The summed E-state index contributed by atoms with van der Waals surface area (Å²) in [6.07, 6.45) is 1.57. The van der Waals surface area contributed by atoms with Crippen LogP contribution in [0.25, 0.3) is 11.5 Å². The largest absolute Gasteiger partial charge is 0.461 e. The molecular formula is C21H17NO4S. The molecule has 6 heteroatoms. The van der Waals surface area contributed by atoms with Crippen LogP contribution in [0.1, 0.15) is 11.3 Å². The lowest BCUT2D eigenvalue weighted by atomic mass is 10.2. The number of para-hydroxylation sites is 2. The van der Waals surface area contributed by atoms with Crippen LogP contribution in [0.3, 0.4) is 0 Å². The molecule has 0 aliphatic heterocycles. The van der Waals surface area contributed by atoms with Gasteiger partial charge in [0.05, 0.1) is 23.5 Å². The second kappa shape index (κ2) is 8.05. The SMILES string of the molecule is O=[S@](Cc1cc(-c2ccco2)on1)Cc1ccccc1Oc1ccccc1. The molecule has 0 saturated heterocycles. The summed E-state index contributed by atoms with van der Waals surface area (Å²) >= 11 is 0. The van der Waals surface area contributed by atoms with Crippen molar-refractivity contribution in [3.8, 4) is 23.0 Å². The summed E-state index contributed by atoms with van der Waals surface area (Å²) in [7, 11) is -1.16. The Kier molecular flexibility index (Phi) is 5.16. The summed E-state index contributed by atoms with van der Waals surface area (Å²) in [5.74, 6) is 3.24. The highest BCUT2D eigenvalue weighted by molar-refractivity contribution is 7.83. The van der Waals surface area contributed by atoms with Gasteiger partial charge in [-0.1, -0.05) is 41.6 Å². The van der Waals surface area contributed by atoms with Gasteiger partial charge in [0.2, 0.25) is 5.76 Å². The Morgan fingerprint density at radius 1 is 0.889 bits per heavy atom. The van der Waals surface area contributed by atoms with E-state index in [1.165, 1.54) is 0 Å². The van der Waals surface area contributed by atoms with Gasteiger partial charge in [0.25, 0.3) is 0 Å². The molecular weight excluding hydrogens is 362 g/mol. The molecule has 2 heterocycles. The molecule has 0 saturated carbocycles. The molecule has 0 fully saturated rings. The van der Waals surface area contributed by atoms with Crippen LogP contribution in [0.2, 0.25) is 0 Å². The van der Waals surface area contributed by atoms with Gasteiger partial charge in [-0.15, -0.1) is 0 Å². The van der Waals surface area contributed by atoms with Crippen molar-refractivity contribution in [1.29, 1.82) is 0 Å². The zero-order chi connectivity index (χ0) is 18.5. The number of rotatable bonds is 7. The van der Waals surface area contributed by atoms with Crippen LogP contribution in [0, 0.1) is 0 Å². The molecule has 0 amide bonds. The van der Waals surface area contributed by atoms with E-state index in [4.69, 9.17) is 13.7 Å². The lowest BCUT2D eigenvalue weighted by molar-refractivity contribution is 0.413. The van der Waals surface area contributed by atoms with Crippen molar-refractivity contribution < 1.29 is 17.9 Å². The van der Waals surface area contributed by atoms with E-state index in [1.807, 2.05) is 54.6 Å². The van der Waals surface area contributed by atoms with E-state index in [0.29, 0.717) is 34.5 Å². The van der Waals surface area contributed by atoms with Crippen molar-refractivity contribution >= 4 is 10.8 Å². The van der Waals surface area contributed by atoms with Crippen LogP contribution in [0.4, 0.5) is 0 Å². The molecule has 5 nitrogen and oxygen atoms in total. The predicted molar refractivity (Wildman–Crippen MR) is 103 cm³/mol. The third kappa shape index (κ3) is 4.35. The topological polar surface area (TPSA) is 65.5 Å². The highest BCUT2D eigenvalue weighted by atomic mass is 32.2. The van der Waals surface area contributed by atoms with Gasteiger partial charge in [0.1, 0.15) is 11.5 Å². The van der Waals surface area contributed by atoms with E-state index < -0.39 is 10.8 Å². The number of furan rings is 1. The quantitative estimate of drug-likeness (QED) is 0.443. The number of hydrogen-bond donors (Lipinski definition) is 0. The van der Waals surface area contributed by atoms with Crippen LogP contribution < -0.4 is 4.74 Å². The average molecular weight is 379 g/mol. The van der Waals surface area contributed by atoms with E-state index >= 15 is 0 Å². The van der Waals surface area contributed by atoms with Gasteiger partial charge in [-0.2, -0.15) is 0 Å². The highest BCUT2D eigenvalue weighted by Gasteiger charge is 2.14. The van der Waals surface area contributed by atoms with Crippen LogP contribution in [0.5, 0.6) is 11.5 Å². The van der Waals surface area contributed by atoms with Crippen LogP contribution in [-0.2, 0) is 22.3 Å². The first-order chi connectivity index (χ1) is 13.3. The standard InChI is InChI=1S/C21H17NO4S/c23-27(15-17-13-21(26-22-17)20-11-6-12-24-20)14-16-7-4-5-10-19(16)25-18-8-2-1-3-9-18/h1-13H,14-15H2/t27-/m0/s1. The Morgan fingerprint density at radius 2 is 1.70 bits per heavy atom. The molecule has 0 spiro atoms. The Hall–Kier alpha value is -3.12. The van der Waals surface area contributed by atoms with E-state index in [9.17, 15) is 4.21 Å². The molecule has 136 valence electrons. The summed E-state index contributed by atoms with van der Waals surface area (Å²) in [6.45, 7) is 0. The molecule has 2 aromatic carbocycles. The van der Waals surface area contributed by atoms with Crippen molar-refractivity contribution in [2.75, 3.05) is 0 Å². The Balaban J connectivity index is 1.44. The van der Waals surface area contributed by atoms with Gasteiger partial charge in [-0.3, -0.25) is 4.21 Å². The summed E-state index contributed by atoms with van der Waals surface area (Å²) < 4.78 is 29.1. The third-order valence-corrected chi connectivity index (χ3v) is 5.14. The molecule has 27 heavy (non-hydrogen) atoms. The molecule has 0 radical (unpaired) electrons. The number of hydrogen-bond acceptors (Lipinski definition) is 5. The molecule has 1 atom stereocenters. The normalized spacial score (nSPS) is 12.0. The molecule has 0 unspecified atom stereocenters. The van der Waals surface area contributed by atoms with Crippen molar-refractivity contribution in [3.63, 3.8) is 0 Å². The minimum absolute atomic E-state index is 0.296. The smallest absolute Gasteiger partial charge is 0.202 e. The maximum absolute atomic E-state index is 12.6. The Bertz CT molecular complexity index is 1030. The molecule has 4 aromatic rings. The van der Waals surface area contributed by atoms with E-state index in [1.54, 1.807) is 24.5 Å². The molecule has 0 aliphatic carbocycles. The van der Waals surface area contributed by atoms with Crippen LogP contribution >= 0.6 is 0 Å². The summed E-state index contributed by atoms with van der Waals surface area (Å²) in [5.41, 5.74) is 1.51. The fourth-order valence-corrected chi connectivity index (χ4v) is 3.80. The molecule has 0 bridgehead atoms. The van der Waals surface area contributed by atoms with Gasteiger partial charge < -0.3 is 13.7 Å². The predicted octanol–water partition coefficient (Wildman–Crippen LogP) is 5.18. The summed E-state index contributed by atoms with van der Waals surface area (Å²) in [5, 5.41) is 3.98. The maximum atomic E-state index is 12.6. The zero-order valence-corrected chi connectivity index (χ0v) is 15.2. The molecule has 0 aliphatic rings. The highest BCUT2D eigenvalue weighted by Crippen LogP contribution is 2.27. The first-order valence-electron chi connectivity index (χ1n) is 8.43. The first-order valence-corrected chi connectivity index (χ1v) is 9.92. The number of aromatic nitrogens is 1.